The number of nitriles is 1. The normalized spacial score (nSPS) is 28.1. The average molecular weight is 629 g/mol. The van der Waals surface area contributed by atoms with Gasteiger partial charge in [0.15, 0.2) is 5.82 Å². The molecule has 46 heavy (non-hydrogen) atoms. The number of anilines is 1. The molecular formula is C35H35F3N6O2. The topological polar surface area (TPSA) is 85.6 Å². The summed E-state index contributed by atoms with van der Waals surface area (Å²) in [5.41, 5.74) is 2.25. The molecule has 3 saturated heterocycles. The van der Waals surface area contributed by atoms with Crippen LogP contribution in [-0.4, -0.2) is 82.8 Å². The number of rotatable bonds is 7. The van der Waals surface area contributed by atoms with Crippen molar-refractivity contribution in [2.24, 2.45) is 5.92 Å². The molecule has 238 valence electrons. The van der Waals surface area contributed by atoms with E-state index in [1.54, 1.807) is 23.1 Å². The molecule has 5 aliphatic rings. The minimum Gasteiger partial charge on any atom is -0.461 e. The first-order valence-corrected chi connectivity index (χ1v) is 16.2. The van der Waals surface area contributed by atoms with Gasteiger partial charge < -0.3 is 14.5 Å². The van der Waals surface area contributed by atoms with Gasteiger partial charge in [-0.05, 0) is 79.0 Å². The van der Waals surface area contributed by atoms with Gasteiger partial charge in [0.05, 0.1) is 24.1 Å². The minimum absolute atomic E-state index is 0.00547. The fourth-order valence-corrected chi connectivity index (χ4v) is 8.62. The SMILES string of the molecule is C=CC(=O)N1CCN(c2nc(OC[C@@]34CCCN3C[C@H](F)C4)nc3c(F)c(-c4ccc(F)c5c4C[C@@H]4C[C@H]54)ccc23)C[C@@H]1CC#N. The van der Waals surface area contributed by atoms with Crippen molar-refractivity contribution in [3.8, 4) is 23.2 Å². The summed E-state index contributed by atoms with van der Waals surface area (Å²) in [5, 5.41) is 10.00. The zero-order chi connectivity index (χ0) is 31.7. The maximum absolute atomic E-state index is 16.8. The van der Waals surface area contributed by atoms with Crippen molar-refractivity contribution in [2.45, 2.75) is 62.2 Å². The van der Waals surface area contributed by atoms with Gasteiger partial charge in [0.1, 0.15) is 29.9 Å². The monoisotopic (exact) mass is 628 g/mol. The van der Waals surface area contributed by atoms with Crippen molar-refractivity contribution in [2.75, 3.05) is 44.2 Å². The van der Waals surface area contributed by atoms with Crippen LogP contribution in [0, 0.1) is 28.9 Å². The number of hydrogen-bond donors (Lipinski definition) is 0. The summed E-state index contributed by atoms with van der Waals surface area (Å²) in [6.45, 7) is 6.01. The molecule has 8 rings (SSSR count). The molecule has 1 saturated carbocycles. The van der Waals surface area contributed by atoms with E-state index in [1.165, 1.54) is 12.1 Å². The maximum atomic E-state index is 16.8. The molecular weight excluding hydrogens is 593 g/mol. The Morgan fingerprint density at radius 3 is 2.83 bits per heavy atom. The summed E-state index contributed by atoms with van der Waals surface area (Å²) in [7, 11) is 0. The Morgan fingerprint density at radius 2 is 2.00 bits per heavy atom. The zero-order valence-electron chi connectivity index (χ0n) is 25.5. The number of alkyl halides is 1. The molecule has 1 amide bonds. The number of nitrogens with zero attached hydrogens (tertiary/aromatic N) is 6. The largest absolute Gasteiger partial charge is 0.461 e. The van der Waals surface area contributed by atoms with E-state index in [0.717, 1.165) is 37.8 Å². The quantitative estimate of drug-likeness (QED) is 0.328. The molecule has 1 aromatic heterocycles. The van der Waals surface area contributed by atoms with Crippen molar-refractivity contribution in [3.05, 3.63) is 59.7 Å². The van der Waals surface area contributed by atoms with E-state index in [-0.39, 0.29) is 42.2 Å². The van der Waals surface area contributed by atoms with Crippen LogP contribution in [0.5, 0.6) is 6.01 Å². The molecule has 5 atom stereocenters. The molecule has 3 aliphatic heterocycles. The smallest absolute Gasteiger partial charge is 0.319 e. The Labute approximate surface area is 265 Å². The molecule has 11 heteroatoms. The third-order valence-electron chi connectivity index (χ3n) is 10.9. The number of piperazine rings is 1. The van der Waals surface area contributed by atoms with Gasteiger partial charge >= 0.3 is 6.01 Å². The Kier molecular flexibility index (Phi) is 6.98. The third-order valence-corrected chi connectivity index (χ3v) is 10.9. The van der Waals surface area contributed by atoms with Gasteiger partial charge in [-0.2, -0.15) is 15.2 Å². The minimum atomic E-state index is -0.924. The molecule has 0 N–H and O–H groups in total. The van der Waals surface area contributed by atoms with Gasteiger partial charge in [0.2, 0.25) is 5.91 Å². The highest BCUT2D eigenvalue weighted by molar-refractivity contribution is 5.94. The number of benzene rings is 2. The summed E-state index contributed by atoms with van der Waals surface area (Å²) < 4.78 is 52.3. The van der Waals surface area contributed by atoms with Gasteiger partial charge in [-0.1, -0.05) is 18.7 Å². The molecule has 0 unspecified atom stereocenters. The lowest BCUT2D eigenvalue weighted by atomic mass is 9.93. The van der Waals surface area contributed by atoms with Crippen molar-refractivity contribution < 1.29 is 22.7 Å². The van der Waals surface area contributed by atoms with E-state index >= 15 is 4.39 Å². The van der Waals surface area contributed by atoms with E-state index in [1.807, 2.05) is 4.90 Å². The Bertz CT molecular complexity index is 1810. The van der Waals surface area contributed by atoms with Crippen molar-refractivity contribution in [1.29, 1.82) is 5.26 Å². The molecule has 2 aliphatic carbocycles. The Hall–Kier alpha value is -4.17. The van der Waals surface area contributed by atoms with Crippen molar-refractivity contribution in [1.82, 2.24) is 19.8 Å². The second kappa shape index (κ2) is 11.0. The Balaban J connectivity index is 1.21. The summed E-state index contributed by atoms with van der Waals surface area (Å²) in [6.07, 6.45) is 4.28. The highest BCUT2D eigenvalue weighted by Gasteiger charge is 2.50. The van der Waals surface area contributed by atoms with Crippen molar-refractivity contribution >= 4 is 22.6 Å². The molecule has 4 heterocycles. The van der Waals surface area contributed by atoms with Crippen LogP contribution in [0.2, 0.25) is 0 Å². The third kappa shape index (κ3) is 4.63. The Morgan fingerprint density at radius 1 is 1.15 bits per heavy atom. The number of hydrogen-bond acceptors (Lipinski definition) is 7. The van der Waals surface area contributed by atoms with E-state index in [4.69, 9.17) is 9.72 Å². The second-order valence-corrected chi connectivity index (χ2v) is 13.5. The molecule has 0 bridgehead atoms. The van der Waals surface area contributed by atoms with Gasteiger partial charge in [0, 0.05) is 43.5 Å². The molecule has 4 fully saturated rings. The van der Waals surface area contributed by atoms with Crippen LogP contribution in [0.1, 0.15) is 49.1 Å². The fraction of sp³-hybridized carbons (Fsp3) is 0.486. The van der Waals surface area contributed by atoms with Crippen molar-refractivity contribution in [3.63, 3.8) is 0 Å². The number of carbonyl (C=O) groups excluding carboxylic acids is 1. The summed E-state index contributed by atoms with van der Waals surface area (Å²) in [4.78, 5) is 27.7. The van der Waals surface area contributed by atoms with Crippen LogP contribution < -0.4 is 9.64 Å². The molecule has 8 nitrogen and oxygen atoms in total. The van der Waals surface area contributed by atoms with E-state index < -0.39 is 23.6 Å². The van der Waals surface area contributed by atoms with Crippen LogP contribution in [0.4, 0.5) is 19.0 Å². The van der Waals surface area contributed by atoms with Crippen LogP contribution in [0.3, 0.4) is 0 Å². The number of aromatic nitrogens is 2. The highest BCUT2D eigenvalue weighted by atomic mass is 19.1. The number of fused-ring (bicyclic) bond motifs is 5. The van der Waals surface area contributed by atoms with E-state index in [9.17, 15) is 18.8 Å². The van der Waals surface area contributed by atoms with E-state index in [0.29, 0.717) is 66.4 Å². The second-order valence-electron chi connectivity index (χ2n) is 13.5. The summed E-state index contributed by atoms with van der Waals surface area (Å²) in [5.74, 6) is 0.0632. The predicted molar refractivity (Wildman–Crippen MR) is 166 cm³/mol. The first-order valence-electron chi connectivity index (χ1n) is 16.2. The van der Waals surface area contributed by atoms with Gasteiger partial charge in [0.25, 0.3) is 0 Å². The zero-order valence-corrected chi connectivity index (χ0v) is 25.5. The number of ether oxygens (including phenoxy) is 1. The highest BCUT2D eigenvalue weighted by Crippen LogP contribution is 2.58. The maximum Gasteiger partial charge on any atom is 0.319 e. The van der Waals surface area contributed by atoms with E-state index in [2.05, 4.69) is 22.5 Å². The lowest BCUT2D eigenvalue weighted by Gasteiger charge is -2.41. The summed E-state index contributed by atoms with van der Waals surface area (Å²) in [6, 6.07) is 8.35. The summed E-state index contributed by atoms with van der Waals surface area (Å²) >= 11 is 0. The average Bonchev–Trinajstić information content (AvgIpc) is 3.36. The first-order chi connectivity index (χ1) is 22.3. The molecule has 3 aromatic rings. The molecule has 0 radical (unpaired) electrons. The predicted octanol–water partition coefficient (Wildman–Crippen LogP) is 5.31. The lowest BCUT2D eigenvalue weighted by Crippen LogP contribution is -2.55. The van der Waals surface area contributed by atoms with Gasteiger partial charge in [-0.3, -0.25) is 9.69 Å². The molecule has 2 aromatic carbocycles. The number of amides is 1. The van der Waals surface area contributed by atoms with Gasteiger partial charge in [-0.15, -0.1) is 0 Å². The standard InChI is InChI=1S/C35H35F3N6O2/c1-2-29(45)44-13-12-42(18-22(44)8-10-39)33-25-5-4-24(23-6-7-28(37)30-26-14-20(26)15-27(23)30)31(38)32(25)40-34(41-33)46-19-35-9-3-11-43(35)17-21(36)16-35/h2,4-7,20-22,26H,1,3,8-9,11-19H2/t20-,21+,22-,26-,35-/m0/s1. The van der Waals surface area contributed by atoms with Gasteiger partial charge in [-0.25, -0.2) is 13.2 Å². The van der Waals surface area contributed by atoms with Crippen LogP contribution in [-0.2, 0) is 11.2 Å². The first kappa shape index (κ1) is 29.2. The van der Waals surface area contributed by atoms with Crippen LogP contribution in [0.25, 0.3) is 22.0 Å². The van der Waals surface area contributed by atoms with Crippen LogP contribution in [0.15, 0.2) is 36.9 Å². The number of halogens is 3. The molecule has 0 spiro atoms. The number of carbonyl (C=O) groups is 1. The lowest BCUT2D eigenvalue weighted by molar-refractivity contribution is -0.128. The van der Waals surface area contributed by atoms with Crippen LogP contribution >= 0.6 is 0 Å². The fourth-order valence-electron chi connectivity index (χ4n) is 8.62.